The second-order valence-corrected chi connectivity index (χ2v) is 2.54. The standard InChI is InChI=1S/Cu.H2O4S.H2O3Se/c;1-5(2,3)4;1-4(2)3/h;(H2,1,2,3,4);(H2,1,2,3). The van der Waals surface area contributed by atoms with Gasteiger partial charge < -0.3 is 0 Å². The average Bonchev–Trinajstić information content (AvgIpc) is 1.19. The molecule has 10 heteroatoms. The van der Waals surface area contributed by atoms with E-state index in [4.69, 9.17) is 29.7 Å². The van der Waals surface area contributed by atoms with E-state index in [-0.39, 0.29) is 17.1 Å². The van der Waals surface area contributed by atoms with Crippen LogP contribution in [-0.2, 0) is 31.3 Å². The molecule has 0 aliphatic rings. The molecule has 0 saturated heterocycles. The summed E-state index contributed by atoms with van der Waals surface area (Å²) in [7, 11) is -4.67. The van der Waals surface area contributed by atoms with Gasteiger partial charge in [0.05, 0.1) is 0 Å². The van der Waals surface area contributed by atoms with Gasteiger partial charge in [-0.15, -0.1) is 0 Å². The molecule has 0 aromatic heterocycles. The second kappa shape index (κ2) is 7.73. The fourth-order valence-corrected chi connectivity index (χ4v) is 0. The van der Waals surface area contributed by atoms with Crippen LogP contribution in [0.5, 0.6) is 0 Å². The van der Waals surface area contributed by atoms with Crippen LogP contribution in [0.25, 0.3) is 0 Å². The summed E-state index contributed by atoms with van der Waals surface area (Å²) in [4.78, 5) is 0. The summed E-state index contributed by atoms with van der Waals surface area (Å²) in [6, 6.07) is 0. The molecule has 0 rings (SSSR count). The predicted octanol–water partition coefficient (Wildman–Crippen LogP) is -2.27. The van der Waals surface area contributed by atoms with E-state index in [9.17, 15) is 0 Å². The zero-order valence-corrected chi connectivity index (χ0v) is 7.60. The van der Waals surface area contributed by atoms with E-state index in [0.717, 1.165) is 0 Å². The summed E-state index contributed by atoms with van der Waals surface area (Å²) < 4.78 is 54.7. The first-order valence-electron chi connectivity index (χ1n) is 1.23. The van der Waals surface area contributed by atoms with Crippen LogP contribution in [0.4, 0.5) is 0 Å². The third-order valence-electron chi connectivity index (χ3n) is 0. The molecule has 0 atom stereocenters. The Hall–Kier alpha value is 0.629. The van der Waals surface area contributed by atoms with E-state index in [2.05, 4.69) is 0 Å². The van der Waals surface area contributed by atoms with Crippen molar-refractivity contribution in [2.24, 2.45) is 0 Å². The maximum absolute atomic E-state index is 8.76. The van der Waals surface area contributed by atoms with Crippen molar-refractivity contribution < 1.29 is 46.8 Å². The predicted molar refractivity (Wildman–Crippen MR) is 25.1 cm³/mol. The smallest absolute Gasteiger partial charge is 0 e. The van der Waals surface area contributed by atoms with Crippen LogP contribution < -0.4 is 0 Å². The molecular formula is H4CuO7SSe. The van der Waals surface area contributed by atoms with E-state index in [1.54, 1.807) is 0 Å². The summed E-state index contributed by atoms with van der Waals surface area (Å²) in [5.74, 6) is 0. The Morgan fingerprint density at radius 1 is 1.10 bits per heavy atom. The van der Waals surface area contributed by atoms with Gasteiger partial charge in [-0.25, -0.2) is 0 Å². The van der Waals surface area contributed by atoms with Crippen molar-refractivity contribution in [3.05, 3.63) is 0 Å². The molecule has 0 aliphatic heterocycles. The van der Waals surface area contributed by atoms with Crippen LogP contribution in [0, 0.1) is 0 Å². The molecule has 69 valence electrons. The first-order valence-corrected chi connectivity index (χ1v) is 4.86. The topological polar surface area (TPSA) is 132 Å². The molecule has 7 nitrogen and oxygen atoms in total. The number of hydrogen-bond donors (Lipinski definition) is 4. The largest absolute Gasteiger partial charge is 0 e. The van der Waals surface area contributed by atoms with Crippen LogP contribution in [0.1, 0.15) is 0 Å². The molecule has 0 amide bonds. The van der Waals surface area contributed by atoms with Crippen molar-refractivity contribution in [3.8, 4) is 0 Å². The SMILES string of the molecule is O=S(=O)(O)O.O=[Se](O)O.[Cu]. The minimum absolute atomic E-state index is 0. The summed E-state index contributed by atoms with van der Waals surface area (Å²) in [5.41, 5.74) is 0. The molecule has 0 unspecified atom stereocenters. The van der Waals surface area contributed by atoms with Crippen LogP contribution in [0.3, 0.4) is 0 Å². The molecule has 0 aliphatic carbocycles. The molecule has 0 spiro atoms. The minimum atomic E-state index is -4.67. The molecule has 0 aromatic rings. The average molecular weight is 291 g/mol. The Morgan fingerprint density at radius 3 is 1.10 bits per heavy atom. The van der Waals surface area contributed by atoms with E-state index in [1.807, 2.05) is 0 Å². The zero-order valence-electron chi connectivity index (χ0n) is 4.13. The van der Waals surface area contributed by atoms with Crippen molar-refractivity contribution in [2.45, 2.75) is 0 Å². The van der Waals surface area contributed by atoms with E-state index in [1.165, 1.54) is 0 Å². The van der Waals surface area contributed by atoms with Crippen molar-refractivity contribution in [3.63, 3.8) is 0 Å². The van der Waals surface area contributed by atoms with Gasteiger partial charge in [-0.05, 0) is 0 Å². The molecule has 0 bridgehead atoms. The van der Waals surface area contributed by atoms with E-state index in [0.29, 0.717) is 0 Å². The first-order chi connectivity index (χ1) is 3.73. The molecule has 10 heavy (non-hydrogen) atoms. The van der Waals surface area contributed by atoms with Crippen molar-refractivity contribution in [2.75, 3.05) is 0 Å². The molecule has 0 aromatic carbocycles. The third kappa shape index (κ3) is 1270. The van der Waals surface area contributed by atoms with E-state index < -0.39 is 24.9 Å². The molecule has 4 N–H and O–H groups in total. The zero-order chi connectivity index (χ0) is 8.08. The normalized spacial score (nSPS) is 9.30. The van der Waals surface area contributed by atoms with Gasteiger partial charge in [-0.3, -0.25) is 9.11 Å². The fraction of sp³-hybridized carbons (Fsp3) is 0. The van der Waals surface area contributed by atoms with Crippen LogP contribution in [0.15, 0.2) is 0 Å². The van der Waals surface area contributed by atoms with Crippen LogP contribution in [-0.4, -0.2) is 40.4 Å². The van der Waals surface area contributed by atoms with Gasteiger partial charge in [0.25, 0.3) is 0 Å². The Kier molecular flexibility index (Phi) is 13.1. The second-order valence-electron chi connectivity index (χ2n) is 0.679. The summed E-state index contributed by atoms with van der Waals surface area (Å²) in [6.45, 7) is 0. The Morgan fingerprint density at radius 2 is 1.10 bits per heavy atom. The third-order valence-corrected chi connectivity index (χ3v) is 0. The van der Waals surface area contributed by atoms with Gasteiger partial charge in [0.15, 0.2) is 0 Å². The van der Waals surface area contributed by atoms with Gasteiger partial charge in [0, 0.05) is 17.1 Å². The maximum Gasteiger partial charge on any atom is 0 e. The first kappa shape index (κ1) is 16.9. The van der Waals surface area contributed by atoms with Gasteiger partial charge in [-0.1, -0.05) is 0 Å². The Bertz CT molecular complexity index is 156. The van der Waals surface area contributed by atoms with Crippen molar-refractivity contribution in [1.29, 1.82) is 0 Å². The van der Waals surface area contributed by atoms with E-state index >= 15 is 0 Å². The fourth-order valence-electron chi connectivity index (χ4n) is 0. The monoisotopic (exact) mass is 291 g/mol. The number of hydrogen-bond acceptors (Lipinski definition) is 3. The number of rotatable bonds is 0. The molecule has 1 radical (unpaired) electrons. The summed E-state index contributed by atoms with van der Waals surface area (Å²) >= 11 is -3.29. The van der Waals surface area contributed by atoms with Crippen molar-refractivity contribution >= 4 is 24.9 Å². The molecule has 0 saturated carbocycles. The molecule has 0 heterocycles. The van der Waals surface area contributed by atoms with Crippen LogP contribution >= 0.6 is 0 Å². The van der Waals surface area contributed by atoms with Gasteiger partial charge >= 0.3 is 37.1 Å². The minimum Gasteiger partial charge on any atom is 0 e. The summed E-state index contributed by atoms with van der Waals surface area (Å²) in [5, 5.41) is 0. The summed E-state index contributed by atoms with van der Waals surface area (Å²) in [6.07, 6.45) is 0. The maximum atomic E-state index is 8.76. The molecular weight excluding hydrogens is 287 g/mol. The van der Waals surface area contributed by atoms with Crippen molar-refractivity contribution in [1.82, 2.24) is 0 Å². The molecule has 0 fully saturated rings. The Balaban J connectivity index is -0.0000000910. The quantitative estimate of drug-likeness (QED) is 0.292. The van der Waals surface area contributed by atoms with Crippen LogP contribution in [0.2, 0.25) is 0 Å². The Labute approximate surface area is 71.8 Å². The van der Waals surface area contributed by atoms with Gasteiger partial charge in [0.1, 0.15) is 0 Å². The van der Waals surface area contributed by atoms with Gasteiger partial charge in [0.2, 0.25) is 0 Å². The van der Waals surface area contributed by atoms with Gasteiger partial charge in [-0.2, -0.15) is 8.42 Å².